The first-order valence-corrected chi connectivity index (χ1v) is 7.81. The highest BCUT2D eigenvalue weighted by molar-refractivity contribution is 7.99. The molecule has 0 aliphatic carbocycles. The molecule has 0 aliphatic heterocycles. The van der Waals surface area contributed by atoms with Gasteiger partial charge in [0, 0.05) is 22.8 Å². The molecule has 0 saturated carbocycles. The summed E-state index contributed by atoms with van der Waals surface area (Å²) in [6.45, 7) is 9.50. The first kappa shape index (κ1) is 15.9. The van der Waals surface area contributed by atoms with Gasteiger partial charge in [-0.1, -0.05) is 6.92 Å². The molecular weight excluding hydrogens is 285 g/mol. The fourth-order valence-corrected chi connectivity index (χ4v) is 2.90. The van der Waals surface area contributed by atoms with Crippen molar-refractivity contribution in [3.8, 4) is 0 Å². The molecule has 0 amide bonds. The third-order valence-corrected chi connectivity index (χ3v) is 4.17. The van der Waals surface area contributed by atoms with Gasteiger partial charge in [0.25, 0.3) is 0 Å². The summed E-state index contributed by atoms with van der Waals surface area (Å²) in [4.78, 5) is 9.75. The SMILES string of the molecule is CCNCc1cc(F)cc(Sc2nc(C)c(C)c(C)n2)c1. The summed E-state index contributed by atoms with van der Waals surface area (Å²) >= 11 is 1.40. The third-order valence-electron chi connectivity index (χ3n) is 3.33. The van der Waals surface area contributed by atoms with Gasteiger partial charge in [0.1, 0.15) is 5.82 Å². The second kappa shape index (κ2) is 7.00. The lowest BCUT2D eigenvalue weighted by Crippen LogP contribution is -2.11. The van der Waals surface area contributed by atoms with E-state index in [1.54, 1.807) is 6.07 Å². The Labute approximate surface area is 129 Å². The molecule has 5 heteroatoms. The van der Waals surface area contributed by atoms with Crippen LogP contribution in [0, 0.1) is 26.6 Å². The van der Waals surface area contributed by atoms with Gasteiger partial charge in [0.2, 0.25) is 0 Å². The molecule has 21 heavy (non-hydrogen) atoms. The van der Waals surface area contributed by atoms with Crippen molar-refractivity contribution in [3.63, 3.8) is 0 Å². The first-order valence-electron chi connectivity index (χ1n) is 6.99. The molecule has 1 aromatic carbocycles. The molecule has 0 bridgehead atoms. The molecule has 1 N–H and O–H groups in total. The number of nitrogens with zero attached hydrogens (tertiary/aromatic N) is 2. The number of benzene rings is 1. The molecule has 0 aliphatic rings. The molecule has 3 nitrogen and oxygen atoms in total. The molecule has 0 saturated heterocycles. The highest BCUT2D eigenvalue weighted by atomic mass is 32.2. The number of aryl methyl sites for hydroxylation is 2. The minimum Gasteiger partial charge on any atom is -0.313 e. The number of aromatic nitrogens is 2. The Balaban J connectivity index is 2.24. The topological polar surface area (TPSA) is 37.8 Å². The van der Waals surface area contributed by atoms with Gasteiger partial charge in [-0.25, -0.2) is 14.4 Å². The Hall–Kier alpha value is -1.46. The molecule has 0 radical (unpaired) electrons. The van der Waals surface area contributed by atoms with Crippen LogP contribution in [0.15, 0.2) is 28.3 Å². The van der Waals surface area contributed by atoms with Crippen LogP contribution in [0.5, 0.6) is 0 Å². The number of rotatable bonds is 5. The van der Waals surface area contributed by atoms with Gasteiger partial charge in [-0.15, -0.1) is 0 Å². The van der Waals surface area contributed by atoms with Crippen LogP contribution in [0.25, 0.3) is 0 Å². The molecule has 0 fully saturated rings. The van der Waals surface area contributed by atoms with Crippen LogP contribution < -0.4 is 5.32 Å². The van der Waals surface area contributed by atoms with Gasteiger partial charge in [-0.2, -0.15) is 0 Å². The minimum absolute atomic E-state index is 0.228. The lowest BCUT2D eigenvalue weighted by molar-refractivity contribution is 0.617. The molecular formula is C16H20FN3S. The highest BCUT2D eigenvalue weighted by Gasteiger charge is 2.08. The standard InChI is InChI=1S/C16H20FN3S/c1-5-18-9-13-6-14(17)8-15(7-13)21-16-19-11(3)10(2)12(4)20-16/h6-8,18H,5,9H2,1-4H3. The van der Waals surface area contributed by atoms with E-state index in [-0.39, 0.29) is 5.82 Å². The molecule has 1 aromatic heterocycles. The Kier molecular flexibility index (Phi) is 5.31. The highest BCUT2D eigenvalue weighted by Crippen LogP contribution is 2.27. The fourth-order valence-electron chi connectivity index (χ4n) is 1.94. The van der Waals surface area contributed by atoms with E-state index < -0.39 is 0 Å². The van der Waals surface area contributed by atoms with Crippen LogP contribution in [0.1, 0.15) is 29.4 Å². The van der Waals surface area contributed by atoms with Crippen molar-refractivity contribution in [1.29, 1.82) is 0 Å². The number of hydrogen-bond donors (Lipinski definition) is 1. The van der Waals surface area contributed by atoms with Crippen molar-refractivity contribution in [2.24, 2.45) is 0 Å². The van der Waals surface area contributed by atoms with Crippen LogP contribution in [-0.2, 0) is 6.54 Å². The van der Waals surface area contributed by atoms with E-state index in [2.05, 4.69) is 15.3 Å². The fraction of sp³-hybridized carbons (Fsp3) is 0.375. The van der Waals surface area contributed by atoms with E-state index in [0.717, 1.165) is 34.0 Å². The monoisotopic (exact) mass is 305 g/mol. The van der Waals surface area contributed by atoms with Crippen molar-refractivity contribution in [2.75, 3.05) is 6.54 Å². The van der Waals surface area contributed by atoms with Gasteiger partial charge in [0.15, 0.2) is 5.16 Å². The van der Waals surface area contributed by atoms with E-state index in [1.165, 1.54) is 17.8 Å². The van der Waals surface area contributed by atoms with Crippen LogP contribution in [0.2, 0.25) is 0 Å². The predicted octanol–water partition coefficient (Wildman–Crippen LogP) is 3.80. The van der Waals surface area contributed by atoms with E-state index in [0.29, 0.717) is 11.7 Å². The van der Waals surface area contributed by atoms with Crippen LogP contribution in [0.3, 0.4) is 0 Å². The second-order valence-electron chi connectivity index (χ2n) is 4.98. The van der Waals surface area contributed by atoms with Crippen molar-refractivity contribution in [1.82, 2.24) is 15.3 Å². The Morgan fingerprint density at radius 2 is 1.76 bits per heavy atom. The van der Waals surface area contributed by atoms with E-state index in [1.807, 2.05) is 33.8 Å². The summed E-state index contributed by atoms with van der Waals surface area (Å²) in [5.74, 6) is -0.228. The summed E-state index contributed by atoms with van der Waals surface area (Å²) in [7, 11) is 0. The lowest BCUT2D eigenvalue weighted by atomic mass is 10.2. The Bertz CT molecular complexity index is 620. The smallest absolute Gasteiger partial charge is 0.192 e. The van der Waals surface area contributed by atoms with E-state index in [9.17, 15) is 4.39 Å². The van der Waals surface area contributed by atoms with Crippen LogP contribution in [-0.4, -0.2) is 16.5 Å². The molecule has 0 unspecified atom stereocenters. The van der Waals surface area contributed by atoms with Crippen molar-refractivity contribution < 1.29 is 4.39 Å². The van der Waals surface area contributed by atoms with E-state index >= 15 is 0 Å². The van der Waals surface area contributed by atoms with Crippen molar-refractivity contribution in [3.05, 3.63) is 46.5 Å². The van der Waals surface area contributed by atoms with Gasteiger partial charge in [0.05, 0.1) is 0 Å². The minimum atomic E-state index is -0.228. The molecule has 0 spiro atoms. The number of nitrogens with one attached hydrogen (secondary N) is 1. The van der Waals surface area contributed by atoms with Gasteiger partial charge < -0.3 is 5.32 Å². The second-order valence-corrected chi connectivity index (χ2v) is 6.02. The van der Waals surface area contributed by atoms with Gasteiger partial charge in [-0.05, 0) is 68.4 Å². The van der Waals surface area contributed by atoms with Gasteiger partial charge >= 0.3 is 0 Å². The molecule has 2 aromatic rings. The van der Waals surface area contributed by atoms with Crippen molar-refractivity contribution >= 4 is 11.8 Å². The quantitative estimate of drug-likeness (QED) is 0.853. The Morgan fingerprint density at radius 1 is 1.10 bits per heavy atom. The Morgan fingerprint density at radius 3 is 2.38 bits per heavy atom. The first-order chi connectivity index (χ1) is 9.99. The summed E-state index contributed by atoms with van der Waals surface area (Å²) in [5, 5.41) is 3.86. The molecule has 2 rings (SSSR count). The number of hydrogen-bond acceptors (Lipinski definition) is 4. The van der Waals surface area contributed by atoms with Crippen LogP contribution in [0.4, 0.5) is 4.39 Å². The average Bonchev–Trinajstić information content (AvgIpc) is 2.42. The zero-order valence-electron chi connectivity index (χ0n) is 12.8. The lowest BCUT2D eigenvalue weighted by Gasteiger charge is -2.08. The summed E-state index contributed by atoms with van der Waals surface area (Å²) in [6.07, 6.45) is 0. The zero-order chi connectivity index (χ0) is 15.4. The summed E-state index contributed by atoms with van der Waals surface area (Å²) < 4.78 is 13.7. The molecule has 112 valence electrons. The normalized spacial score (nSPS) is 10.9. The van der Waals surface area contributed by atoms with Crippen molar-refractivity contribution in [2.45, 2.75) is 44.3 Å². The molecule has 1 heterocycles. The maximum atomic E-state index is 13.7. The van der Waals surface area contributed by atoms with Gasteiger partial charge in [-0.3, -0.25) is 0 Å². The largest absolute Gasteiger partial charge is 0.313 e. The average molecular weight is 305 g/mol. The maximum Gasteiger partial charge on any atom is 0.192 e. The van der Waals surface area contributed by atoms with E-state index in [4.69, 9.17) is 0 Å². The zero-order valence-corrected chi connectivity index (χ0v) is 13.6. The predicted molar refractivity (Wildman–Crippen MR) is 84.1 cm³/mol. The molecule has 0 atom stereocenters. The summed E-state index contributed by atoms with van der Waals surface area (Å²) in [6, 6.07) is 5.05. The third kappa shape index (κ3) is 4.25. The van der Waals surface area contributed by atoms with Crippen LogP contribution >= 0.6 is 11.8 Å². The maximum absolute atomic E-state index is 13.7. The number of halogens is 1. The summed E-state index contributed by atoms with van der Waals surface area (Å²) in [5.41, 5.74) is 3.97.